The third-order valence-corrected chi connectivity index (χ3v) is 8.82. The second kappa shape index (κ2) is 9.40. The molecule has 5 nitrogen and oxygen atoms in total. The lowest BCUT2D eigenvalue weighted by molar-refractivity contribution is -0.129. The van der Waals surface area contributed by atoms with Crippen LogP contribution in [0, 0.1) is 0 Å². The number of hydrogen-bond acceptors (Lipinski definition) is 5. The minimum absolute atomic E-state index is 0.0636. The molecule has 168 valence electrons. The molecule has 0 N–H and O–H groups in total. The SMILES string of the molecule is CC(Sc1nc2sc3c(c2c(=O)n1CCc1ccccc1)CCCC3)C(=O)N1CCCC1. The number of aromatic nitrogens is 2. The highest BCUT2D eigenvalue weighted by molar-refractivity contribution is 8.00. The first kappa shape index (κ1) is 21.7. The van der Waals surface area contributed by atoms with E-state index in [0.29, 0.717) is 11.7 Å². The standard InChI is InChI=1S/C25H29N3O2S2/c1-17(23(29)27-14-7-8-15-27)31-25-26-22-21(19-11-5-6-12-20(19)32-22)24(30)28(25)16-13-18-9-3-2-4-10-18/h2-4,9-10,17H,5-8,11-16H2,1H3. The van der Waals surface area contributed by atoms with Crippen LogP contribution in [-0.4, -0.2) is 38.7 Å². The van der Waals surface area contributed by atoms with E-state index in [0.717, 1.165) is 61.8 Å². The van der Waals surface area contributed by atoms with Crippen LogP contribution in [0.25, 0.3) is 10.2 Å². The summed E-state index contributed by atoms with van der Waals surface area (Å²) in [6.07, 6.45) is 7.27. The molecule has 0 radical (unpaired) electrons. The number of carbonyl (C=O) groups excluding carboxylic acids is 1. The number of amides is 1. The minimum Gasteiger partial charge on any atom is -0.342 e. The van der Waals surface area contributed by atoms with E-state index >= 15 is 0 Å². The van der Waals surface area contributed by atoms with Gasteiger partial charge in [-0.15, -0.1) is 11.3 Å². The molecule has 1 atom stereocenters. The Morgan fingerprint density at radius 2 is 1.88 bits per heavy atom. The van der Waals surface area contributed by atoms with Gasteiger partial charge < -0.3 is 4.90 Å². The van der Waals surface area contributed by atoms with Gasteiger partial charge in [0.1, 0.15) is 4.83 Å². The molecule has 1 aliphatic carbocycles. The highest BCUT2D eigenvalue weighted by Crippen LogP contribution is 2.35. The summed E-state index contributed by atoms with van der Waals surface area (Å²) >= 11 is 3.12. The summed E-state index contributed by atoms with van der Waals surface area (Å²) in [5.74, 6) is 0.155. The van der Waals surface area contributed by atoms with Crippen molar-refractivity contribution in [2.45, 2.75) is 68.8 Å². The van der Waals surface area contributed by atoms with Crippen molar-refractivity contribution in [1.82, 2.24) is 14.5 Å². The maximum Gasteiger partial charge on any atom is 0.263 e. The number of carbonyl (C=O) groups is 1. The fourth-order valence-corrected chi connectivity index (χ4v) is 7.12. The van der Waals surface area contributed by atoms with E-state index in [9.17, 15) is 9.59 Å². The van der Waals surface area contributed by atoms with Crippen molar-refractivity contribution in [3.63, 3.8) is 0 Å². The van der Waals surface area contributed by atoms with E-state index in [1.807, 2.05) is 34.6 Å². The molecule has 0 saturated carbocycles. The molecule has 7 heteroatoms. The first-order valence-electron chi connectivity index (χ1n) is 11.7. The molecule has 1 amide bonds. The molecule has 2 aromatic heterocycles. The molecule has 32 heavy (non-hydrogen) atoms. The second-order valence-electron chi connectivity index (χ2n) is 8.77. The molecule has 1 unspecified atom stereocenters. The van der Waals surface area contributed by atoms with Crippen LogP contribution in [0.15, 0.2) is 40.3 Å². The topological polar surface area (TPSA) is 55.2 Å². The Balaban J connectivity index is 1.51. The van der Waals surface area contributed by atoms with Crippen molar-refractivity contribution >= 4 is 39.2 Å². The third kappa shape index (κ3) is 4.25. The average Bonchev–Trinajstić information content (AvgIpc) is 3.47. The van der Waals surface area contributed by atoms with Crippen LogP contribution in [0.4, 0.5) is 0 Å². The van der Waals surface area contributed by atoms with Gasteiger partial charge >= 0.3 is 0 Å². The van der Waals surface area contributed by atoms with Gasteiger partial charge in [-0.25, -0.2) is 4.98 Å². The molecule has 1 aliphatic heterocycles. The fraction of sp³-hybridized carbons (Fsp3) is 0.480. The summed E-state index contributed by atoms with van der Waals surface area (Å²) in [6, 6.07) is 10.3. The van der Waals surface area contributed by atoms with Gasteiger partial charge in [-0.3, -0.25) is 14.2 Å². The lowest BCUT2D eigenvalue weighted by Gasteiger charge is -2.21. The lowest BCUT2D eigenvalue weighted by atomic mass is 9.97. The molecule has 1 aromatic carbocycles. The van der Waals surface area contributed by atoms with E-state index < -0.39 is 0 Å². The van der Waals surface area contributed by atoms with Crippen LogP contribution < -0.4 is 5.56 Å². The van der Waals surface area contributed by atoms with E-state index in [1.54, 1.807) is 11.3 Å². The zero-order valence-electron chi connectivity index (χ0n) is 18.5. The summed E-state index contributed by atoms with van der Waals surface area (Å²) in [5.41, 5.74) is 2.48. The summed E-state index contributed by atoms with van der Waals surface area (Å²) in [5, 5.41) is 1.24. The molecular formula is C25H29N3O2S2. The van der Waals surface area contributed by atoms with Gasteiger partial charge in [0.05, 0.1) is 10.6 Å². The first-order chi connectivity index (χ1) is 15.6. The van der Waals surface area contributed by atoms with Gasteiger partial charge in [0.25, 0.3) is 5.56 Å². The largest absolute Gasteiger partial charge is 0.342 e. The number of benzene rings is 1. The Morgan fingerprint density at radius 3 is 2.66 bits per heavy atom. The van der Waals surface area contributed by atoms with Crippen LogP contribution in [0.5, 0.6) is 0 Å². The summed E-state index contributed by atoms with van der Waals surface area (Å²) in [7, 11) is 0. The number of thioether (sulfide) groups is 1. The van der Waals surface area contributed by atoms with Gasteiger partial charge in [-0.1, -0.05) is 42.1 Å². The van der Waals surface area contributed by atoms with Crippen molar-refractivity contribution in [2.24, 2.45) is 0 Å². The fourth-order valence-electron chi connectivity index (χ4n) is 4.80. The summed E-state index contributed by atoms with van der Waals surface area (Å²) < 4.78 is 1.83. The Morgan fingerprint density at radius 1 is 1.12 bits per heavy atom. The van der Waals surface area contributed by atoms with E-state index in [-0.39, 0.29) is 16.7 Å². The molecule has 3 heterocycles. The van der Waals surface area contributed by atoms with Crippen molar-refractivity contribution < 1.29 is 4.79 Å². The van der Waals surface area contributed by atoms with Crippen molar-refractivity contribution in [3.05, 3.63) is 56.7 Å². The molecule has 0 spiro atoms. The Kier molecular flexibility index (Phi) is 6.37. The van der Waals surface area contributed by atoms with Crippen LogP contribution in [0.2, 0.25) is 0 Å². The van der Waals surface area contributed by atoms with E-state index in [2.05, 4.69) is 12.1 Å². The number of hydrogen-bond donors (Lipinski definition) is 0. The van der Waals surface area contributed by atoms with Gasteiger partial charge in [-0.05, 0) is 63.0 Å². The molecular weight excluding hydrogens is 438 g/mol. The highest BCUT2D eigenvalue weighted by atomic mass is 32.2. The van der Waals surface area contributed by atoms with E-state index in [1.165, 1.54) is 34.2 Å². The molecule has 0 bridgehead atoms. The average molecular weight is 468 g/mol. The Labute approximate surface area is 196 Å². The number of aryl methyl sites for hydroxylation is 3. The van der Waals surface area contributed by atoms with Crippen LogP contribution in [0.3, 0.4) is 0 Å². The van der Waals surface area contributed by atoms with Gasteiger partial charge in [0.15, 0.2) is 5.16 Å². The minimum atomic E-state index is -0.255. The second-order valence-corrected chi connectivity index (χ2v) is 11.2. The zero-order chi connectivity index (χ0) is 22.1. The molecule has 1 saturated heterocycles. The lowest BCUT2D eigenvalue weighted by Crippen LogP contribution is -2.34. The van der Waals surface area contributed by atoms with E-state index in [4.69, 9.17) is 4.98 Å². The molecule has 3 aromatic rings. The number of fused-ring (bicyclic) bond motifs is 3. The van der Waals surface area contributed by atoms with Crippen molar-refractivity contribution in [1.29, 1.82) is 0 Å². The van der Waals surface area contributed by atoms with Crippen LogP contribution in [0.1, 0.15) is 48.6 Å². The number of likely N-dealkylation sites (tertiary alicyclic amines) is 1. The molecule has 5 rings (SSSR count). The monoisotopic (exact) mass is 467 g/mol. The predicted octanol–water partition coefficient (Wildman–Crippen LogP) is 4.68. The number of nitrogens with zero attached hydrogens (tertiary/aromatic N) is 3. The van der Waals surface area contributed by atoms with Crippen molar-refractivity contribution in [3.8, 4) is 0 Å². The van der Waals surface area contributed by atoms with Gasteiger partial charge in [0, 0.05) is 24.5 Å². The Hall–Kier alpha value is -2.12. The maximum absolute atomic E-state index is 13.7. The Bertz CT molecular complexity index is 1180. The zero-order valence-corrected chi connectivity index (χ0v) is 20.1. The highest BCUT2D eigenvalue weighted by Gasteiger charge is 2.27. The molecule has 2 aliphatic rings. The predicted molar refractivity (Wildman–Crippen MR) is 132 cm³/mol. The maximum atomic E-state index is 13.7. The third-order valence-electron chi connectivity index (χ3n) is 6.55. The normalized spacial score (nSPS) is 17.0. The van der Waals surface area contributed by atoms with Crippen molar-refractivity contribution in [2.75, 3.05) is 13.1 Å². The van der Waals surface area contributed by atoms with Crippen LogP contribution >= 0.6 is 23.1 Å². The van der Waals surface area contributed by atoms with Gasteiger partial charge in [-0.2, -0.15) is 0 Å². The summed E-state index contributed by atoms with van der Waals surface area (Å²) in [6.45, 7) is 4.20. The quantitative estimate of drug-likeness (QED) is 0.390. The van der Waals surface area contributed by atoms with Crippen LogP contribution in [-0.2, 0) is 30.6 Å². The number of thiophene rings is 1. The molecule has 1 fully saturated rings. The first-order valence-corrected chi connectivity index (χ1v) is 13.4. The number of rotatable bonds is 6. The van der Waals surface area contributed by atoms with Gasteiger partial charge in [0.2, 0.25) is 5.91 Å². The smallest absolute Gasteiger partial charge is 0.263 e. The summed E-state index contributed by atoms with van der Waals surface area (Å²) in [4.78, 5) is 35.8.